The number of fused-ring (bicyclic) bond motifs is 1. The number of nitrogens with two attached hydrogens (primary N) is 3. The minimum absolute atomic E-state index is 0.00752. The molecule has 1 aromatic heterocycles. The summed E-state index contributed by atoms with van der Waals surface area (Å²) in [7, 11) is 0. The maximum atomic E-state index is 14.2. The molecule has 0 bridgehead atoms. The molecule has 0 fully saturated rings. The lowest BCUT2D eigenvalue weighted by molar-refractivity contribution is -0.136. The molecule has 4 rings (SSSR count). The quantitative estimate of drug-likeness (QED) is 0.0239. The highest BCUT2D eigenvalue weighted by Gasteiger charge is 2.35. The van der Waals surface area contributed by atoms with Crippen LogP contribution in [0.5, 0.6) is 0 Å². The second-order valence-corrected chi connectivity index (χ2v) is 20.8. The lowest BCUT2D eigenvalue weighted by Crippen LogP contribution is -2.60. The molecule has 0 unspecified atom stereocenters. The zero-order valence-corrected chi connectivity index (χ0v) is 46.7. The van der Waals surface area contributed by atoms with Crippen molar-refractivity contribution in [1.82, 2.24) is 52.8 Å². The standard InChI is InChI=1S/C55H75N13O12S/c1-30(2)22-39(65-54(79)43(26-44(57)70)62-45(71)27-56)51(76)67-42(25-35-28-59-37-19-13-12-18-36(35)37)50(75)61-31(3)49(74)68-47(32(4)69)55(80)60-29-46(72)63-40(23-33-14-8-6-9-15-33)52(77)66-41(24-34-16-10-7-11-17-34)53(78)64-38(48(58)73)20-21-81-5/h6-19,28,30-32,38-43,47,59,69H,20-27,29,56H2,1-5H3,(H2,57,70)(H2,58,73)(H,60,80)(H,61,75)(H,62,71)(H,63,72)(H,64,78)(H,65,79)(H,66,77)(H,67,76)(H,68,74)/t31-,32+,38-,39-,40+,41-,42-,43-,47-/m0/s1. The lowest BCUT2D eigenvalue weighted by atomic mass is 10.00. The van der Waals surface area contributed by atoms with Crippen LogP contribution in [0.25, 0.3) is 10.9 Å². The number of aromatic nitrogens is 1. The van der Waals surface area contributed by atoms with Crippen molar-refractivity contribution in [2.24, 2.45) is 23.1 Å². The van der Waals surface area contributed by atoms with Crippen molar-refractivity contribution in [3.05, 3.63) is 108 Å². The molecular weight excluding hydrogens is 1070 g/mol. The number of amides is 11. The van der Waals surface area contributed by atoms with Crippen LogP contribution in [0.15, 0.2) is 91.1 Å². The van der Waals surface area contributed by atoms with Gasteiger partial charge in [0.15, 0.2) is 0 Å². The molecule has 3 aromatic carbocycles. The molecule has 81 heavy (non-hydrogen) atoms. The Balaban J connectivity index is 1.49. The summed E-state index contributed by atoms with van der Waals surface area (Å²) in [6, 6.07) is 13.7. The van der Waals surface area contributed by atoms with E-state index in [-0.39, 0.29) is 38.0 Å². The summed E-state index contributed by atoms with van der Waals surface area (Å²) in [5.41, 5.74) is 18.9. The summed E-state index contributed by atoms with van der Waals surface area (Å²) in [5, 5.41) is 34.2. The van der Waals surface area contributed by atoms with E-state index in [0.29, 0.717) is 27.8 Å². The molecule has 9 atom stereocenters. The number of aliphatic hydroxyl groups is 1. The number of hydrogen-bond acceptors (Lipinski definition) is 14. The molecule has 0 aliphatic carbocycles. The largest absolute Gasteiger partial charge is 0.391 e. The van der Waals surface area contributed by atoms with Gasteiger partial charge in [-0.25, -0.2) is 0 Å². The maximum absolute atomic E-state index is 14.2. The first kappa shape index (κ1) is 65.2. The van der Waals surface area contributed by atoms with Crippen molar-refractivity contribution in [3.8, 4) is 0 Å². The van der Waals surface area contributed by atoms with Crippen LogP contribution in [0.4, 0.5) is 0 Å². The molecule has 4 aromatic rings. The van der Waals surface area contributed by atoms with E-state index in [1.165, 1.54) is 25.6 Å². The summed E-state index contributed by atoms with van der Waals surface area (Å²) in [5.74, 6) is -9.07. The summed E-state index contributed by atoms with van der Waals surface area (Å²) in [6.07, 6.45) is 1.40. The number of primary amides is 2. The van der Waals surface area contributed by atoms with Crippen molar-refractivity contribution in [2.45, 2.75) is 121 Å². The molecule has 0 saturated heterocycles. The van der Waals surface area contributed by atoms with E-state index in [9.17, 15) is 57.8 Å². The molecule has 0 saturated carbocycles. The number of carbonyl (C=O) groups is 11. The normalized spacial score (nSPS) is 14.4. The van der Waals surface area contributed by atoms with Crippen LogP contribution in [0, 0.1) is 5.92 Å². The molecule has 1 heterocycles. The fourth-order valence-corrected chi connectivity index (χ4v) is 8.88. The number of H-pyrrole nitrogens is 1. The van der Waals surface area contributed by atoms with Gasteiger partial charge in [-0.05, 0) is 67.4 Å². The second-order valence-electron chi connectivity index (χ2n) is 19.8. The van der Waals surface area contributed by atoms with E-state index >= 15 is 0 Å². The fourth-order valence-electron chi connectivity index (χ4n) is 8.41. The number of rotatable bonds is 33. The molecule has 0 aliphatic rings. The second kappa shape index (κ2) is 32.6. The van der Waals surface area contributed by atoms with Crippen LogP contribution in [-0.2, 0) is 72.0 Å². The van der Waals surface area contributed by atoms with Gasteiger partial charge in [0, 0.05) is 36.4 Å². The van der Waals surface area contributed by atoms with Crippen LogP contribution in [-0.4, -0.2) is 155 Å². The van der Waals surface area contributed by atoms with Gasteiger partial charge in [-0.15, -0.1) is 0 Å². The van der Waals surface area contributed by atoms with E-state index in [1.807, 2.05) is 6.26 Å². The van der Waals surface area contributed by atoms with Crippen LogP contribution in [0.2, 0.25) is 0 Å². The third-order valence-corrected chi connectivity index (χ3v) is 13.3. The molecule has 17 N–H and O–H groups in total. The minimum Gasteiger partial charge on any atom is -0.391 e. The van der Waals surface area contributed by atoms with Gasteiger partial charge in [-0.2, -0.15) is 11.8 Å². The number of para-hydroxylation sites is 1. The van der Waals surface area contributed by atoms with Crippen molar-refractivity contribution in [1.29, 1.82) is 0 Å². The zero-order valence-electron chi connectivity index (χ0n) is 45.9. The molecule has 0 radical (unpaired) electrons. The van der Waals surface area contributed by atoms with Gasteiger partial charge in [0.05, 0.1) is 25.6 Å². The smallest absolute Gasteiger partial charge is 0.245 e. The van der Waals surface area contributed by atoms with Gasteiger partial charge in [-0.3, -0.25) is 52.7 Å². The summed E-state index contributed by atoms with van der Waals surface area (Å²) >= 11 is 1.45. The van der Waals surface area contributed by atoms with Gasteiger partial charge in [0.1, 0.15) is 48.3 Å². The maximum Gasteiger partial charge on any atom is 0.245 e. The number of nitrogens with one attached hydrogen (secondary N) is 10. The van der Waals surface area contributed by atoms with Crippen LogP contribution in [0.3, 0.4) is 0 Å². The number of aliphatic hydroxyl groups excluding tert-OH is 1. The molecule has 11 amide bonds. The first-order valence-corrected chi connectivity index (χ1v) is 27.7. The molecular formula is C55H75N13O12S. The van der Waals surface area contributed by atoms with E-state index in [0.717, 1.165) is 5.52 Å². The Morgan fingerprint density at radius 2 is 1.05 bits per heavy atom. The van der Waals surface area contributed by atoms with Gasteiger partial charge >= 0.3 is 0 Å². The Bertz CT molecular complexity index is 2820. The zero-order chi connectivity index (χ0) is 59.8. The molecule has 25 nitrogen and oxygen atoms in total. The first-order valence-electron chi connectivity index (χ1n) is 26.3. The van der Waals surface area contributed by atoms with Crippen LogP contribution < -0.4 is 65.1 Å². The molecule has 438 valence electrons. The van der Waals surface area contributed by atoms with E-state index in [4.69, 9.17) is 17.2 Å². The Hall–Kier alpha value is -8.36. The molecule has 0 spiro atoms. The topological polar surface area (TPSA) is 410 Å². The highest BCUT2D eigenvalue weighted by atomic mass is 32.2. The first-order chi connectivity index (χ1) is 38.5. The average Bonchev–Trinajstić information content (AvgIpc) is 3.84. The van der Waals surface area contributed by atoms with Gasteiger partial charge in [0.2, 0.25) is 65.0 Å². The number of thioether (sulfide) groups is 1. The number of aromatic amines is 1. The SMILES string of the molecule is CSCC[C@H](NC(=O)[C@H](Cc1ccccc1)NC(=O)[C@@H](Cc1ccccc1)NC(=O)CNC(=O)[C@@H](NC(=O)[C@H](C)NC(=O)[C@H](Cc1c[nH]c2ccccc12)NC(=O)[C@H](CC(C)C)NC(=O)[C@H](CC(N)=O)NC(=O)CN)[C@@H](C)O)C(N)=O. The highest BCUT2D eigenvalue weighted by Crippen LogP contribution is 2.20. The molecule has 26 heteroatoms. The van der Waals surface area contributed by atoms with Gasteiger partial charge in [-0.1, -0.05) is 92.7 Å². The molecule has 0 aliphatic heterocycles. The van der Waals surface area contributed by atoms with Gasteiger partial charge < -0.3 is 75.1 Å². The average molecular weight is 1140 g/mol. The third kappa shape index (κ3) is 21.7. The monoisotopic (exact) mass is 1140 g/mol. The van der Waals surface area contributed by atoms with Crippen LogP contribution >= 0.6 is 11.8 Å². The lowest BCUT2D eigenvalue weighted by Gasteiger charge is -2.27. The minimum atomic E-state index is -1.69. The van der Waals surface area contributed by atoms with E-state index in [1.54, 1.807) is 105 Å². The Kier molecular flexibility index (Phi) is 26.3. The third-order valence-electron chi connectivity index (χ3n) is 12.7. The van der Waals surface area contributed by atoms with Crippen molar-refractivity contribution >= 4 is 87.6 Å². The van der Waals surface area contributed by atoms with Crippen molar-refractivity contribution in [3.63, 3.8) is 0 Å². The van der Waals surface area contributed by atoms with Crippen molar-refractivity contribution in [2.75, 3.05) is 25.1 Å². The fraction of sp³-hybridized carbons (Fsp3) is 0.436. The number of hydrogen-bond donors (Lipinski definition) is 14. The van der Waals surface area contributed by atoms with Crippen LogP contribution in [0.1, 0.15) is 63.6 Å². The Morgan fingerprint density at radius 1 is 0.556 bits per heavy atom. The van der Waals surface area contributed by atoms with Gasteiger partial charge in [0.25, 0.3) is 0 Å². The summed E-state index contributed by atoms with van der Waals surface area (Å²) in [6.45, 7) is 4.77. The van der Waals surface area contributed by atoms with E-state index in [2.05, 4.69) is 52.8 Å². The Morgan fingerprint density at radius 3 is 1.59 bits per heavy atom. The number of benzene rings is 3. The predicted molar refractivity (Wildman–Crippen MR) is 303 cm³/mol. The highest BCUT2D eigenvalue weighted by molar-refractivity contribution is 7.98. The number of carbonyl (C=O) groups excluding carboxylic acids is 11. The van der Waals surface area contributed by atoms with E-state index < -0.39 is 139 Å². The van der Waals surface area contributed by atoms with Crippen molar-refractivity contribution < 1.29 is 57.8 Å². The Labute approximate surface area is 473 Å². The summed E-state index contributed by atoms with van der Waals surface area (Å²) < 4.78 is 0. The predicted octanol–water partition coefficient (Wildman–Crippen LogP) is -2.29. The summed E-state index contributed by atoms with van der Waals surface area (Å²) in [4.78, 5) is 150.